The van der Waals surface area contributed by atoms with Gasteiger partial charge in [0.2, 0.25) is 0 Å². The smallest absolute Gasteiger partial charge is 0.305 e. The highest BCUT2D eigenvalue weighted by Gasteiger charge is 1.92. The summed E-state index contributed by atoms with van der Waals surface area (Å²) in [6.45, 7) is 4.72. The van der Waals surface area contributed by atoms with Gasteiger partial charge in [-0.2, -0.15) is 0 Å². The van der Waals surface area contributed by atoms with E-state index < -0.39 is 0 Å². The number of methoxy groups -OCH3 is 2. The van der Waals surface area contributed by atoms with Gasteiger partial charge >= 0.3 is 5.97 Å². The van der Waals surface area contributed by atoms with Gasteiger partial charge in [0.05, 0.1) is 7.11 Å². The van der Waals surface area contributed by atoms with Crippen molar-refractivity contribution >= 4 is 5.97 Å². The zero-order chi connectivity index (χ0) is 9.11. The summed E-state index contributed by atoms with van der Waals surface area (Å²) < 4.78 is 8.89. The van der Waals surface area contributed by atoms with Gasteiger partial charge in [-0.15, -0.1) is 0 Å². The monoisotopic (exact) mass is 162 g/mol. The molecule has 0 heterocycles. The fourth-order valence-corrected chi connectivity index (χ4v) is 0.306. The molecule has 0 bridgehead atoms. The molecule has 0 saturated carbocycles. The van der Waals surface area contributed by atoms with Crippen molar-refractivity contribution in [1.29, 1.82) is 0 Å². The molecule has 3 nitrogen and oxygen atoms in total. The van der Waals surface area contributed by atoms with Gasteiger partial charge in [-0.3, -0.25) is 4.79 Å². The van der Waals surface area contributed by atoms with Crippen LogP contribution in [0.1, 0.15) is 26.7 Å². The summed E-state index contributed by atoms with van der Waals surface area (Å²) in [6.07, 6.45) is 1.41. The molecule has 0 aliphatic heterocycles. The van der Waals surface area contributed by atoms with Crippen molar-refractivity contribution in [2.75, 3.05) is 20.8 Å². The third kappa shape index (κ3) is 17.7. The first-order valence-corrected chi connectivity index (χ1v) is 3.78. The minimum absolute atomic E-state index is 0.123. The predicted molar refractivity (Wildman–Crippen MR) is 44.5 cm³/mol. The van der Waals surface area contributed by atoms with Crippen molar-refractivity contribution in [1.82, 2.24) is 0 Å². The molecule has 0 amide bonds. The van der Waals surface area contributed by atoms with Crippen LogP contribution in [0.25, 0.3) is 0 Å². The van der Waals surface area contributed by atoms with Crippen LogP contribution in [0.15, 0.2) is 0 Å². The maximum Gasteiger partial charge on any atom is 0.305 e. The molecule has 68 valence electrons. The summed E-state index contributed by atoms with van der Waals surface area (Å²) in [6, 6.07) is 0. The third-order valence-electron chi connectivity index (χ3n) is 0.970. The Morgan fingerprint density at radius 3 is 1.82 bits per heavy atom. The van der Waals surface area contributed by atoms with Crippen LogP contribution in [0, 0.1) is 0 Å². The van der Waals surface area contributed by atoms with Gasteiger partial charge in [-0.25, -0.2) is 0 Å². The van der Waals surface area contributed by atoms with E-state index in [4.69, 9.17) is 0 Å². The lowest BCUT2D eigenvalue weighted by atomic mass is 10.3. The number of hydrogen-bond donors (Lipinski definition) is 0. The highest BCUT2D eigenvalue weighted by Crippen LogP contribution is 1.86. The summed E-state index contributed by atoms with van der Waals surface area (Å²) in [5.74, 6) is -0.123. The van der Waals surface area contributed by atoms with Gasteiger partial charge in [0, 0.05) is 20.1 Å². The Morgan fingerprint density at radius 1 is 1.27 bits per heavy atom. The fraction of sp³-hybridized carbons (Fsp3) is 0.875. The number of rotatable bonds is 3. The molecular formula is C8H18O3. The standard InChI is InChI=1S/C5H10O2.C3H8O/c1-3-4-5(6)7-2;1-3-4-2/h3-4H2,1-2H3;3H2,1-2H3. The van der Waals surface area contributed by atoms with E-state index in [0.717, 1.165) is 13.0 Å². The van der Waals surface area contributed by atoms with Gasteiger partial charge in [-0.1, -0.05) is 6.92 Å². The van der Waals surface area contributed by atoms with Crippen LogP contribution in [0.5, 0.6) is 0 Å². The Bertz CT molecular complexity index is 79.4. The van der Waals surface area contributed by atoms with Gasteiger partial charge in [0.25, 0.3) is 0 Å². The zero-order valence-electron chi connectivity index (χ0n) is 7.85. The summed E-state index contributed by atoms with van der Waals surface area (Å²) >= 11 is 0. The second kappa shape index (κ2) is 12.1. The van der Waals surface area contributed by atoms with Crippen LogP contribution in [0.2, 0.25) is 0 Å². The fourth-order valence-electron chi connectivity index (χ4n) is 0.306. The van der Waals surface area contributed by atoms with E-state index in [1.165, 1.54) is 7.11 Å². The van der Waals surface area contributed by atoms with Crippen molar-refractivity contribution in [2.24, 2.45) is 0 Å². The summed E-state index contributed by atoms with van der Waals surface area (Å²) in [4.78, 5) is 10.2. The van der Waals surface area contributed by atoms with E-state index >= 15 is 0 Å². The molecule has 3 heteroatoms. The first kappa shape index (κ1) is 13.1. The Hall–Kier alpha value is -0.570. The molecule has 0 spiro atoms. The van der Waals surface area contributed by atoms with Crippen LogP contribution in [-0.2, 0) is 14.3 Å². The number of esters is 1. The van der Waals surface area contributed by atoms with Gasteiger partial charge < -0.3 is 9.47 Å². The second-order valence-corrected chi connectivity index (χ2v) is 1.90. The molecule has 0 fully saturated rings. The van der Waals surface area contributed by atoms with Crippen molar-refractivity contribution in [3.63, 3.8) is 0 Å². The lowest BCUT2D eigenvalue weighted by Crippen LogP contribution is -1.97. The first-order valence-electron chi connectivity index (χ1n) is 3.78. The first-order chi connectivity index (χ1) is 5.22. The maximum absolute atomic E-state index is 10.2. The summed E-state index contributed by atoms with van der Waals surface area (Å²) in [5.41, 5.74) is 0. The Labute approximate surface area is 68.7 Å². The number of carbonyl (C=O) groups is 1. The van der Waals surface area contributed by atoms with Crippen LogP contribution in [-0.4, -0.2) is 26.8 Å². The molecule has 0 radical (unpaired) electrons. The van der Waals surface area contributed by atoms with Crippen LogP contribution >= 0.6 is 0 Å². The average Bonchev–Trinajstić information content (AvgIpc) is 2.05. The Morgan fingerprint density at radius 2 is 1.73 bits per heavy atom. The van der Waals surface area contributed by atoms with Crippen LogP contribution in [0.4, 0.5) is 0 Å². The molecule has 0 aliphatic carbocycles. The van der Waals surface area contributed by atoms with Crippen molar-refractivity contribution in [2.45, 2.75) is 26.7 Å². The predicted octanol–water partition coefficient (Wildman–Crippen LogP) is 1.61. The lowest BCUT2D eigenvalue weighted by molar-refractivity contribution is -0.140. The molecular weight excluding hydrogens is 144 g/mol. The quantitative estimate of drug-likeness (QED) is 0.591. The van der Waals surface area contributed by atoms with Crippen LogP contribution < -0.4 is 0 Å². The van der Waals surface area contributed by atoms with E-state index in [2.05, 4.69) is 9.47 Å². The topological polar surface area (TPSA) is 35.5 Å². The summed E-state index contributed by atoms with van der Waals surface area (Å²) in [7, 11) is 3.08. The minimum atomic E-state index is -0.123. The molecule has 0 aromatic rings. The molecule has 0 atom stereocenters. The SMILES string of the molecule is CCCC(=O)OC.CCOC. The van der Waals surface area contributed by atoms with E-state index in [1.54, 1.807) is 7.11 Å². The second-order valence-electron chi connectivity index (χ2n) is 1.90. The number of ether oxygens (including phenoxy) is 2. The van der Waals surface area contributed by atoms with E-state index in [-0.39, 0.29) is 5.97 Å². The maximum atomic E-state index is 10.2. The zero-order valence-corrected chi connectivity index (χ0v) is 7.85. The molecule has 0 N–H and O–H groups in total. The molecule has 0 aromatic carbocycles. The number of carbonyl (C=O) groups excluding carboxylic acids is 1. The van der Waals surface area contributed by atoms with Gasteiger partial charge in [-0.05, 0) is 13.3 Å². The van der Waals surface area contributed by atoms with Crippen LogP contribution in [0.3, 0.4) is 0 Å². The van der Waals surface area contributed by atoms with Crippen molar-refractivity contribution < 1.29 is 14.3 Å². The minimum Gasteiger partial charge on any atom is -0.469 e. The molecule has 0 unspecified atom stereocenters. The normalized spacial score (nSPS) is 8.00. The average molecular weight is 162 g/mol. The van der Waals surface area contributed by atoms with E-state index in [0.29, 0.717) is 6.42 Å². The highest BCUT2D eigenvalue weighted by atomic mass is 16.5. The summed E-state index contributed by atoms with van der Waals surface area (Å²) in [5, 5.41) is 0. The third-order valence-corrected chi connectivity index (χ3v) is 0.970. The highest BCUT2D eigenvalue weighted by molar-refractivity contribution is 5.68. The van der Waals surface area contributed by atoms with E-state index in [1.807, 2.05) is 13.8 Å². The molecule has 11 heavy (non-hydrogen) atoms. The number of hydrogen-bond acceptors (Lipinski definition) is 3. The lowest BCUT2D eigenvalue weighted by Gasteiger charge is -1.91. The van der Waals surface area contributed by atoms with E-state index in [9.17, 15) is 4.79 Å². The Balaban J connectivity index is 0. The largest absolute Gasteiger partial charge is 0.469 e. The van der Waals surface area contributed by atoms with Crippen molar-refractivity contribution in [3.8, 4) is 0 Å². The van der Waals surface area contributed by atoms with Gasteiger partial charge in [0.1, 0.15) is 0 Å². The van der Waals surface area contributed by atoms with Crippen molar-refractivity contribution in [3.05, 3.63) is 0 Å². The molecule has 0 aliphatic rings. The molecule has 0 saturated heterocycles. The Kier molecular flexibility index (Phi) is 14.4. The van der Waals surface area contributed by atoms with Gasteiger partial charge in [0.15, 0.2) is 0 Å². The molecule has 0 rings (SSSR count). The molecule has 0 aromatic heterocycles.